The normalized spacial score (nSPS) is 17.3. The fourth-order valence-electron chi connectivity index (χ4n) is 3.46. The lowest BCUT2D eigenvalue weighted by Crippen LogP contribution is -2.45. The standard InChI is InChI=1S/C20H28N4O5S/c1-13(24-30(26,27)17-11-9-16(28-3)10-12-17)19(25)21-14(2)20-22-18(23-29-20)15-7-5-4-6-8-15/h9-15,24H,4-8H2,1-3H3,(H,21,25)/t13-,14-/m0/s1. The summed E-state index contributed by atoms with van der Waals surface area (Å²) in [6.07, 6.45) is 5.64. The third-order valence-corrected chi connectivity index (χ3v) is 6.81. The lowest BCUT2D eigenvalue weighted by atomic mass is 9.89. The summed E-state index contributed by atoms with van der Waals surface area (Å²) in [5, 5.41) is 6.79. The molecule has 0 aliphatic heterocycles. The van der Waals surface area contributed by atoms with Gasteiger partial charge in [-0.3, -0.25) is 4.79 Å². The Kier molecular flexibility index (Phi) is 7.09. The van der Waals surface area contributed by atoms with E-state index in [0.29, 0.717) is 23.4 Å². The van der Waals surface area contributed by atoms with Gasteiger partial charge in [0.1, 0.15) is 11.8 Å². The molecular formula is C20H28N4O5S. The number of benzene rings is 1. The van der Waals surface area contributed by atoms with Gasteiger partial charge in [0.25, 0.3) is 0 Å². The van der Waals surface area contributed by atoms with Crippen molar-refractivity contribution in [2.45, 2.75) is 68.8 Å². The first-order chi connectivity index (χ1) is 14.3. The van der Waals surface area contributed by atoms with E-state index in [4.69, 9.17) is 9.26 Å². The van der Waals surface area contributed by atoms with Gasteiger partial charge in [0.05, 0.1) is 18.0 Å². The zero-order valence-electron chi connectivity index (χ0n) is 17.4. The Morgan fingerprint density at radius 3 is 2.47 bits per heavy atom. The maximum absolute atomic E-state index is 12.5. The van der Waals surface area contributed by atoms with Crippen molar-refractivity contribution in [3.63, 3.8) is 0 Å². The number of sulfonamides is 1. The van der Waals surface area contributed by atoms with Crippen LogP contribution in [-0.2, 0) is 14.8 Å². The Morgan fingerprint density at radius 1 is 1.17 bits per heavy atom. The summed E-state index contributed by atoms with van der Waals surface area (Å²) in [6, 6.07) is 4.40. The Labute approximate surface area is 176 Å². The van der Waals surface area contributed by atoms with Gasteiger partial charge in [-0.15, -0.1) is 0 Å². The van der Waals surface area contributed by atoms with Crippen molar-refractivity contribution in [3.05, 3.63) is 36.0 Å². The average molecular weight is 437 g/mol. The van der Waals surface area contributed by atoms with Crippen molar-refractivity contribution in [3.8, 4) is 5.75 Å². The molecule has 3 rings (SSSR count). The minimum atomic E-state index is -3.86. The zero-order chi connectivity index (χ0) is 21.7. The van der Waals surface area contributed by atoms with Gasteiger partial charge in [-0.05, 0) is 51.0 Å². The second-order valence-electron chi connectivity index (χ2n) is 7.57. The maximum atomic E-state index is 12.5. The van der Waals surface area contributed by atoms with Crippen LogP contribution in [0.3, 0.4) is 0 Å². The molecule has 164 valence electrons. The molecule has 1 amide bonds. The number of ether oxygens (including phenoxy) is 1. The predicted octanol–water partition coefficient (Wildman–Crippen LogP) is 2.67. The number of amides is 1. The van der Waals surface area contributed by atoms with Gasteiger partial charge >= 0.3 is 0 Å². The SMILES string of the molecule is COc1ccc(S(=O)(=O)N[C@@H](C)C(=O)N[C@@H](C)c2nc(C3CCCCC3)no2)cc1. The van der Waals surface area contributed by atoms with Crippen molar-refractivity contribution in [1.29, 1.82) is 0 Å². The number of nitrogens with zero attached hydrogens (tertiary/aromatic N) is 2. The maximum Gasteiger partial charge on any atom is 0.248 e. The second kappa shape index (κ2) is 9.57. The van der Waals surface area contributed by atoms with Gasteiger partial charge < -0.3 is 14.6 Å². The first kappa shape index (κ1) is 22.2. The van der Waals surface area contributed by atoms with E-state index in [9.17, 15) is 13.2 Å². The number of aromatic nitrogens is 2. The van der Waals surface area contributed by atoms with E-state index in [1.54, 1.807) is 19.1 Å². The molecular weight excluding hydrogens is 408 g/mol. The zero-order valence-corrected chi connectivity index (χ0v) is 18.2. The molecule has 1 aliphatic rings. The monoisotopic (exact) mass is 436 g/mol. The molecule has 0 radical (unpaired) electrons. The molecule has 1 heterocycles. The highest BCUT2D eigenvalue weighted by Crippen LogP contribution is 2.31. The molecule has 1 saturated carbocycles. The number of methoxy groups -OCH3 is 1. The Hall–Kier alpha value is -2.46. The molecule has 0 bridgehead atoms. The Morgan fingerprint density at radius 2 is 1.83 bits per heavy atom. The van der Waals surface area contributed by atoms with E-state index < -0.39 is 28.0 Å². The molecule has 0 saturated heterocycles. The first-order valence-electron chi connectivity index (χ1n) is 10.1. The van der Waals surface area contributed by atoms with Crippen LogP contribution >= 0.6 is 0 Å². The molecule has 1 aliphatic carbocycles. The second-order valence-corrected chi connectivity index (χ2v) is 9.29. The van der Waals surface area contributed by atoms with Gasteiger partial charge in [0, 0.05) is 5.92 Å². The van der Waals surface area contributed by atoms with Gasteiger partial charge in [-0.1, -0.05) is 24.4 Å². The minimum Gasteiger partial charge on any atom is -0.497 e. The summed E-state index contributed by atoms with van der Waals surface area (Å²) in [7, 11) is -2.36. The molecule has 9 nitrogen and oxygen atoms in total. The van der Waals surface area contributed by atoms with Gasteiger partial charge in [0.15, 0.2) is 5.82 Å². The summed E-state index contributed by atoms with van der Waals surface area (Å²) >= 11 is 0. The van der Waals surface area contributed by atoms with Crippen LogP contribution in [0.5, 0.6) is 5.75 Å². The first-order valence-corrected chi connectivity index (χ1v) is 11.6. The molecule has 1 aromatic carbocycles. The lowest BCUT2D eigenvalue weighted by Gasteiger charge is -2.18. The number of hydrogen-bond donors (Lipinski definition) is 2. The highest BCUT2D eigenvalue weighted by molar-refractivity contribution is 7.89. The predicted molar refractivity (Wildman–Crippen MR) is 109 cm³/mol. The lowest BCUT2D eigenvalue weighted by molar-refractivity contribution is -0.123. The number of hydrogen-bond acceptors (Lipinski definition) is 7. The molecule has 2 N–H and O–H groups in total. The van der Waals surface area contributed by atoms with Crippen molar-refractivity contribution in [2.24, 2.45) is 0 Å². The summed E-state index contributed by atoms with van der Waals surface area (Å²) in [4.78, 5) is 17.0. The number of carbonyl (C=O) groups excluding carboxylic acids is 1. The van der Waals surface area contributed by atoms with E-state index in [1.165, 1.54) is 32.6 Å². The van der Waals surface area contributed by atoms with E-state index in [0.717, 1.165) is 25.7 Å². The Bertz CT molecular complexity index is 952. The summed E-state index contributed by atoms with van der Waals surface area (Å²) in [5.41, 5.74) is 0. The van der Waals surface area contributed by atoms with E-state index in [1.807, 2.05) is 0 Å². The molecule has 0 spiro atoms. The van der Waals surface area contributed by atoms with E-state index in [2.05, 4.69) is 20.2 Å². The molecule has 10 heteroatoms. The largest absolute Gasteiger partial charge is 0.497 e. The molecule has 1 fully saturated rings. The minimum absolute atomic E-state index is 0.0463. The van der Waals surface area contributed by atoms with Crippen molar-refractivity contribution >= 4 is 15.9 Å². The summed E-state index contributed by atoms with van der Waals surface area (Å²) < 4.78 is 37.7. The smallest absolute Gasteiger partial charge is 0.248 e. The highest BCUT2D eigenvalue weighted by Gasteiger charge is 2.26. The summed E-state index contributed by atoms with van der Waals surface area (Å²) in [5.74, 6) is 1.35. The molecule has 1 aromatic heterocycles. The van der Waals surface area contributed by atoms with Crippen LogP contribution < -0.4 is 14.8 Å². The van der Waals surface area contributed by atoms with Gasteiger partial charge in [0.2, 0.25) is 21.8 Å². The van der Waals surface area contributed by atoms with Crippen molar-refractivity contribution < 1.29 is 22.5 Å². The highest BCUT2D eigenvalue weighted by atomic mass is 32.2. The molecule has 2 aromatic rings. The molecule has 2 atom stereocenters. The quantitative estimate of drug-likeness (QED) is 0.652. The van der Waals surface area contributed by atoms with Crippen LogP contribution in [-0.4, -0.2) is 37.6 Å². The van der Waals surface area contributed by atoms with Crippen LogP contribution in [0.1, 0.15) is 69.6 Å². The number of nitrogens with one attached hydrogen (secondary N) is 2. The topological polar surface area (TPSA) is 123 Å². The Balaban J connectivity index is 1.58. The fraction of sp³-hybridized carbons (Fsp3) is 0.550. The van der Waals surface area contributed by atoms with Crippen LogP contribution in [0.2, 0.25) is 0 Å². The van der Waals surface area contributed by atoms with Crippen LogP contribution in [0.15, 0.2) is 33.7 Å². The summed E-state index contributed by atoms with van der Waals surface area (Å²) in [6.45, 7) is 3.20. The number of rotatable bonds is 8. The third-order valence-electron chi connectivity index (χ3n) is 5.25. The van der Waals surface area contributed by atoms with Crippen LogP contribution in [0.4, 0.5) is 0 Å². The number of carbonyl (C=O) groups is 1. The van der Waals surface area contributed by atoms with Crippen LogP contribution in [0, 0.1) is 0 Å². The molecule has 0 unspecified atom stereocenters. The van der Waals surface area contributed by atoms with Crippen molar-refractivity contribution in [2.75, 3.05) is 7.11 Å². The van der Waals surface area contributed by atoms with Crippen molar-refractivity contribution in [1.82, 2.24) is 20.2 Å². The van der Waals surface area contributed by atoms with E-state index in [-0.39, 0.29) is 4.90 Å². The third kappa shape index (κ3) is 5.37. The van der Waals surface area contributed by atoms with Crippen LogP contribution in [0.25, 0.3) is 0 Å². The molecule has 30 heavy (non-hydrogen) atoms. The van der Waals surface area contributed by atoms with Gasteiger partial charge in [-0.25, -0.2) is 8.42 Å². The van der Waals surface area contributed by atoms with E-state index >= 15 is 0 Å². The van der Waals surface area contributed by atoms with Gasteiger partial charge in [-0.2, -0.15) is 9.71 Å². The fourth-order valence-corrected chi connectivity index (χ4v) is 4.66. The average Bonchev–Trinajstić information content (AvgIpc) is 3.24.